The fraction of sp³-hybridized carbons (Fsp3) is 0.789. The molecule has 0 aromatic rings. The van der Waals surface area contributed by atoms with Crippen molar-refractivity contribution in [2.75, 3.05) is 27.1 Å². The Morgan fingerprint density at radius 1 is 1.18 bits per heavy atom. The molecule has 0 aliphatic heterocycles. The van der Waals surface area contributed by atoms with Gasteiger partial charge in [-0.05, 0) is 49.9 Å². The van der Waals surface area contributed by atoms with Crippen molar-refractivity contribution in [1.29, 1.82) is 0 Å². The van der Waals surface area contributed by atoms with Crippen molar-refractivity contribution in [3.8, 4) is 0 Å². The molecule has 0 saturated heterocycles. The quantitative estimate of drug-likeness (QED) is 0.542. The van der Waals surface area contributed by atoms with E-state index in [4.69, 9.17) is 14.2 Å². The van der Waals surface area contributed by atoms with Gasteiger partial charge < -0.3 is 14.2 Å². The predicted octanol–water partition coefficient (Wildman–Crippen LogP) is 4.24. The van der Waals surface area contributed by atoms with Gasteiger partial charge in [0.25, 0.3) is 0 Å². The van der Waals surface area contributed by atoms with Gasteiger partial charge in [0, 0.05) is 7.11 Å². The predicted molar refractivity (Wildman–Crippen MR) is 87.7 cm³/mol. The lowest BCUT2D eigenvalue weighted by Gasteiger charge is -2.49. The van der Waals surface area contributed by atoms with E-state index in [1.54, 1.807) is 18.3 Å². The van der Waals surface area contributed by atoms with Gasteiger partial charge in [-0.1, -0.05) is 36.6 Å². The van der Waals surface area contributed by atoms with E-state index in [-0.39, 0.29) is 0 Å². The van der Waals surface area contributed by atoms with Crippen LogP contribution in [0.5, 0.6) is 0 Å². The van der Waals surface area contributed by atoms with Crippen LogP contribution in [0.2, 0.25) is 0 Å². The van der Waals surface area contributed by atoms with Crippen molar-refractivity contribution in [2.45, 2.75) is 58.0 Å². The molecule has 0 radical (unpaired) electrons. The Balaban J connectivity index is 1.56. The second-order valence-corrected chi connectivity index (χ2v) is 7.20. The third-order valence-corrected chi connectivity index (χ3v) is 5.91. The summed E-state index contributed by atoms with van der Waals surface area (Å²) in [5, 5.41) is 0. The molecule has 0 aromatic heterocycles. The molecular weight excluding hydrogens is 276 g/mol. The zero-order valence-electron chi connectivity index (χ0n) is 14.1. The summed E-state index contributed by atoms with van der Waals surface area (Å²) < 4.78 is 16.3. The lowest BCUT2D eigenvalue weighted by molar-refractivity contribution is -0.107. The lowest BCUT2D eigenvalue weighted by Crippen LogP contribution is -2.40. The third kappa shape index (κ3) is 3.32. The first kappa shape index (κ1) is 16.2. The fourth-order valence-electron chi connectivity index (χ4n) is 4.52. The summed E-state index contributed by atoms with van der Waals surface area (Å²) >= 11 is 0. The number of fused-ring (bicyclic) bond motifs is 3. The van der Waals surface area contributed by atoms with Gasteiger partial charge in [0.15, 0.2) is 0 Å². The molecule has 0 aromatic carbocycles. The number of ether oxygens (including phenoxy) is 3. The summed E-state index contributed by atoms with van der Waals surface area (Å²) in [5.41, 5.74) is 3.71. The summed E-state index contributed by atoms with van der Waals surface area (Å²) in [5.74, 6) is 0.792. The monoisotopic (exact) mass is 306 g/mol. The Kier molecular flexibility index (Phi) is 5.37. The molecule has 0 unspecified atom stereocenters. The van der Waals surface area contributed by atoms with Gasteiger partial charge in [-0.3, -0.25) is 0 Å². The molecule has 3 heteroatoms. The summed E-state index contributed by atoms with van der Waals surface area (Å²) in [6.45, 7) is 4.12. The Bertz CT molecular complexity index is 440. The fourth-order valence-corrected chi connectivity index (χ4v) is 4.52. The number of allylic oxidation sites excluding steroid dienone is 3. The molecule has 0 amide bonds. The third-order valence-electron chi connectivity index (χ3n) is 5.91. The topological polar surface area (TPSA) is 27.7 Å². The van der Waals surface area contributed by atoms with E-state index in [2.05, 4.69) is 19.1 Å². The Morgan fingerprint density at radius 2 is 2.09 bits per heavy atom. The van der Waals surface area contributed by atoms with Crippen LogP contribution < -0.4 is 0 Å². The minimum atomic E-state index is 0.320. The number of hydrogen-bond acceptors (Lipinski definition) is 3. The largest absolute Gasteiger partial charge is 0.382 e. The summed E-state index contributed by atoms with van der Waals surface area (Å²) in [6.07, 6.45) is 14.1. The second-order valence-electron chi connectivity index (χ2n) is 7.20. The minimum absolute atomic E-state index is 0.320. The van der Waals surface area contributed by atoms with Crippen LogP contribution in [0, 0.1) is 11.3 Å². The first-order valence-corrected chi connectivity index (χ1v) is 8.82. The van der Waals surface area contributed by atoms with E-state index in [0.717, 1.165) is 18.8 Å². The van der Waals surface area contributed by atoms with E-state index in [1.165, 1.54) is 32.1 Å². The van der Waals surface area contributed by atoms with E-state index < -0.39 is 0 Å². The highest BCUT2D eigenvalue weighted by Gasteiger charge is 2.44. The van der Waals surface area contributed by atoms with Gasteiger partial charge in [-0.15, -0.1) is 0 Å². The van der Waals surface area contributed by atoms with Crippen LogP contribution in [0.25, 0.3) is 0 Å². The van der Waals surface area contributed by atoms with Gasteiger partial charge in [-0.2, -0.15) is 0 Å². The van der Waals surface area contributed by atoms with Crippen LogP contribution in [0.4, 0.5) is 0 Å². The van der Waals surface area contributed by atoms with Crippen molar-refractivity contribution in [1.82, 2.24) is 0 Å². The highest BCUT2D eigenvalue weighted by atomic mass is 16.7. The molecule has 0 N–H and O–H groups in total. The smallest absolute Gasteiger partial charge is 0.147 e. The van der Waals surface area contributed by atoms with Gasteiger partial charge in [0.1, 0.15) is 6.79 Å². The molecule has 124 valence electrons. The molecule has 3 nitrogen and oxygen atoms in total. The maximum absolute atomic E-state index is 5.92. The minimum Gasteiger partial charge on any atom is -0.382 e. The molecule has 22 heavy (non-hydrogen) atoms. The van der Waals surface area contributed by atoms with E-state index in [1.807, 2.05) is 0 Å². The highest BCUT2D eigenvalue weighted by molar-refractivity contribution is 5.35. The SMILES string of the molecule is COCCOCO[C@@H]1CC[C@@]2(C)C(=CC=C3CCCC[C@@H]32)C1. The summed E-state index contributed by atoms with van der Waals surface area (Å²) in [6, 6.07) is 0. The van der Waals surface area contributed by atoms with Crippen molar-refractivity contribution < 1.29 is 14.2 Å². The number of rotatable bonds is 6. The number of methoxy groups -OCH3 is 1. The molecular formula is C19H30O3. The number of hydrogen-bond donors (Lipinski definition) is 0. The maximum Gasteiger partial charge on any atom is 0.147 e. The van der Waals surface area contributed by atoms with Crippen molar-refractivity contribution >= 4 is 0 Å². The second kappa shape index (κ2) is 7.29. The van der Waals surface area contributed by atoms with Gasteiger partial charge >= 0.3 is 0 Å². The normalized spacial score (nSPS) is 34.5. The molecule has 2 fully saturated rings. The molecule has 3 aliphatic rings. The molecule has 0 spiro atoms. The van der Waals surface area contributed by atoms with Crippen LogP contribution >= 0.6 is 0 Å². The molecule has 2 saturated carbocycles. The molecule has 0 bridgehead atoms. The van der Waals surface area contributed by atoms with Gasteiger partial charge in [0.05, 0.1) is 19.3 Å². The Labute approximate surface area is 134 Å². The average molecular weight is 306 g/mol. The summed E-state index contributed by atoms with van der Waals surface area (Å²) in [7, 11) is 1.69. The average Bonchev–Trinajstić information content (AvgIpc) is 2.55. The Hall–Kier alpha value is -0.640. The standard InChI is InChI=1S/C19H30O3/c1-19-10-9-17(22-14-21-12-11-20-2)13-16(19)8-7-15-5-3-4-6-18(15)19/h7-8,17-18H,3-6,9-14H2,1-2H3/t17-,18+,19+/m1/s1. The van der Waals surface area contributed by atoms with Gasteiger partial charge in [-0.25, -0.2) is 0 Å². The van der Waals surface area contributed by atoms with Crippen molar-refractivity contribution in [2.24, 2.45) is 11.3 Å². The van der Waals surface area contributed by atoms with Crippen LogP contribution in [-0.2, 0) is 14.2 Å². The molecule has 3 aliphatic carbocycles. The van der Waals surface area contributed by atoms with Gasteiger partial charge in [0.2, 0.25) is 0 Å². The first-order chi connectivity index (χ1) is 10.7. The first-order valence-electron chi connectivity index (χ1n) is 8.82. The van der Waals surface area contributed by atoms with Crippen LogP contribution in [0.15, 0.2) is 23.3 Å². The Morgan fingerprint density at radius 3 is 2.95 bits per heavy atom. The molecule has 0 heterocycles. The van der Waals surface area contributed by atoms with E-state index in [0.29, 0.717) is 31.5 Å². The zero-order valence-corrected chi connectivity index (χ0v) is 14.1. The lowest BCUT2D eigenvalue weighted by atomic mass is 9.56. The van der Waals surface area contributed by atoms with Crippen LogP contribution in [-0.4, -0.2) is 33.2 Å². The van der Waals surface area contributed by atoms with E-state index >= 15 is 0 Å². The van der Waals surface area contributed by atoms with Crippen molar-refractivity contribution in [3.05, 3.63) is 23.3 Å². The molecule has 3 rings (SSSR count). The highest BCUT2D eigenvalue weighted by Crippen LogP contribution is 2.55. The molecule has 3 atom stereocenters. The zero-order chi connectivity index (χ0) is 15.4. The van der Waals surface area contributed by atoms with E-state index in [9.17, 15) is 0 Å². The van der Waals surface area contributed by atoms with Crippen molar-refractivity contribution in [3.63, 3.8) is 0 Å². The van der Waals surface area contributed by atoms with Crippen LogP contribution in [0.1, 0.15) is 51.9 Å². The maximum atomic E-state index is 5.92. The van der Waals surface area contributed by atoms with Crippen LogP contribution in [0.3, 0.4) is 0 Å². The summed E-state index contributed by atoms with van der Waals surface area (Å²) in [4.78, 5) is 0.